The Bertz CT molecular complexity index is 355. The Labute approximate surface area is 133 Å². The van der Waals surface area contributed by atoms with E-state index in [0.29, 0.717) is 10.6 Å². The summed E-state index contributed by atoms with van der Waals surface area (Å²) < 4.78 is 0. The molecule has 0 heterocycles. The van der Waals surface area contributed by atoms with Gasteiger partial charge in [-0.05, 0) is 36.6 Å². The minimum Gasteiger partial charge on any atom is -0.508 e. The van der Waals surface area contributed by atoms with Crippen LogP contribution in [0.3, 0.4) is 0 Å². The van der Waals surface area contributed by atoms with Crippen molar-refractivity contribution in [3.05, 3.63) is 29.3 Å². The maximum atomic E-state index is 9.40. The Morgan fingerprint density at radius 2 is 1.74 bits per heavy atom. The topological polar surface area (TPSA) is 20.2 Å². The molecule has 1 aromatic rings. The van der Waals surface area contributed by atoms with Crippen molar-refractivity contribution in [1.82, 2.24) is 0 Å². The number of hydrogen-bond donors (Lipinski definition) is 1. The van der Waals surface area contributed by atoms with Crippen LogP contribution >= 0.6 is 15.9 Å². The number of aromatic hydroxyl groups is 1. The predicted octanol–water partition coefficient (Wildman–Crippen LogP) is 5.08. The maximum Gasteiger partial charge on any atom is 0.115 e. The van der Waals surface area contributed by atoms with Crippen LogP contribution in [0.25, 0.3) is 0 Å². The highest BCUT2D eigenvalue weighted by Crippen LogP contribution is 2.32. The lowest BCUT2D eigenvalue weighted by Gasteiger charge is -2.13. The lowest BCUT2D eigenvalue weighted by atomic mass is 10.0. The van der Waals surface area contributed by atoms with E-state index in [4.69, 9.17) is 0 Å². The third kappa shape index (κ3) is 7.26. The summed E-state index contributed by atoms with van der Waals surface area (Å²) in [5.74, 6) is 0.357. The van der Waals surface area contributed by atoms with E-state index >= 15 is 0 Å². The second-order valence-electron chi connectivity index (χ2n) is 5.06. The Morgan fingerprint density at radius 1 is 1.11 bits per heavy atom. The second kappa shape index (κ2) is 10.6. The van der Waals surface area contributed by atoms with Gasteiger partial charge in [-0.25, -0.2) is 0 Å². The second-order valence-corrected chi connectivity index (χ2v) is 6.17. The highest BCUT2D eigenvalue weighted by atomic mass is 79.9. The number of halogens is 1. The van der Waals surface area contributed by atoms with Crippen molar-refractivity contribution < 1.29 is 5.11 Å². The number of benzene rings is 1. The van der Waals surface area contributed by atoms with E-state index in [1.165, 1.54) is 56.1 Å². The number of alkyl halides is 1. The minimum atomic E-state index is 0. The Kier molecular flexibility index (Phi) is 10.5. The molecule has 0 saturated carbocycles. The van der Waals surface area contributed by atoms with Crippen molar-refractivity contribution >= 4 is 29.4 Å². The Morgan fingerprint density at radius 3 is 2.37 bits per heavy atom. The van der Waals surface area contributed by atoms with Crippen molar-refractivity contribution in [1.29, 1.82) is 0 Å². The van der Waals surface area contributed by atoms with Gasteiger partial charge >= 0.3 is 0 Å². The smallest absolute Gasteiger partial charge is 0.115 e. The lowest BCUT2D eigenvalue weighted by Crippen LogP contribution is -1.94. The van der Waals surface area contributed by atoms with Crippen molar-refractivity contribution in [2.45, 2.75) is 63.6 Å². The fourth-order valence-electron chi connectivity index (χ4n) is 2.27. The van der Waals surface area contributed by atoms with Crippen molar-refractivity contribution in [3.8, 4) is 5.75 Å². The standard InChI is InChI=1S/C16H25BrO.H2S/c1-3-4-5-6-7-8-9-16(17)15-11-10-14(18)12-13(15)2;/h10-12,16,18H,3-9H2,1-2H3;1H2/p+1. The molecule has 3 heteroatoms. The summed E-state index contributed by atoms with van der Waals surface area (Å²) in [4.78, 5) is 0.421. The summed E-state index contributed by atoms with van der Waals surface area (Å²) in [7, 11) is 0. The van der Waals surface area contributed by atoms with Crippen LogP contribution in [0.2, 0.25) is 0 Å². The molecule has 0 bridgehead atoms. The minimum absolute atomic E-state index is 0. The molecule has 1 aromatic carbocycles. The van der Waals surface area contributed by atoms with Crippen LogP contribution in [-0.4, -0.2) is 5.11 Å². The van der Waals surface area contributed by atoms with Crippen LogP contribution in [-0.2, 0) is 13.5 Å². The molecule has 19 heavy (non-hydrogen) atoms. The molecule has 0 fully saturated rings. The first-order valence-corrected chi connectivity index (χ1v) is 8.00. The molecule has 1 N–H and O–H groups in total. The number of aryl methyl sites for hydroxylation is 1. The molecule has 0 aromatic heterocycles. The average molecular weight is 348 g/mol. The Balaban J connectivity index is 0.00000324. The summed E-state index contributed by atoms with van der Waals surface area (Å²) in [5, 5.41) is 9.40. The fraction of sp³-hybridized carbons (Fsp3) is 0.625. The van der Waals surface area contributed by atoms with E-state index in [1.807, 2.05) is 12.1 Å². The number of rotatable bonds is 8. The first-order valence-electron chi connectivity index (χ1n) is 7.08. The quantitative estimate of drug-likeness (QED) is 0.394. The normalized spacial score (nSPS) is 11.9. The van der Waals surface area contributed by atoms with Crippen LogP contribution in [0.5, 0.6) is 5.75 Å². The number of phenolic OH excluding ortho intramolecular Hbond substituents is 1. The third-order valence-corrected chi connectivity index (χ3v) is 4.35. The highest BCUT2D eigenvalue weighted by Gasteiger charge is 2.10. The summed E-state index contributed by atoms with van der Waals surface area (Å²) in [6, 6.07) is 5.64. The molecule has 110 valence electrons. The van der Waals surface area contributed by atoms with E-state index < -0.39 is 0 Å². The van der Waals surface area contributed by atoms with Crippen LogP contribution < -0.4 is 0 Å². The van der Waals surface area contributed by atoms with E-state index in [-0.39, 0.29) is 13.5 Å². The van der Waals surface area contributed by atoms with E-state index in [1.54, 1.807) is 6.07 Å². The average Bonchev–Trinajstić information content (AvgIpc) is 2.33. The van der Waals surface area contributed by atoms with Gasteiger partial charge in [0.1, 0.15) is 5.75 Å². The molecule has 1 unspecified atom stereocenters. The zero-order valence-electron chi connectivity index (χ0n) is 12.2. The molecule has 1 nitrogen and oxygen atoms in total. The predicted molar refractivity (Wildman–Crippen MR) is 94.1 cm³/mol. The molecule has 0 spiro atoms. The van der Waals surface area contributed by atoms with E-state index in [9.17, 15) is 5.11 Å². The van der Waals surface area contributed by atoms with Gasteiger partial charge in [0.05, 0.1) is 0 Å². The number of phenols is 1. The van der Waals surface area contributed by atoms with Crippen molar-refractivity contribution in [2.24, 2.45) is 0 Å². The van der Waals surface area contributed by atoms with Crippen LogP contribution in [0, 0.1) is 6.92 Å². The van der Waals surface area contributed by atoms with Gasteiger partial charge in [-0.1, -0.05) is 80.9 Å². The molecule has 0 aliphatic heterocycles. The van der Waals surface area contributed by atoms with Crippen LogP contribution in [0.4, 0.5) is 0 Å². The van der Waals surface area contributed by atoms with Crippen molar-refractivity contribution in [3.63, 3.8) is 0 Å². The van der Waals surface area contributed by atoms with Gasteiger partial charge < -0.3 is 5.11 Å². The van der Waals surface area contributed by atoms with Gasteiger partial charge in [0.15, 0.2) is 0 Å². The van der Waals surface area contributed by atoms with Crippen LogP contribution in [0.1, 0.15) is 67.8 Å². The zero-order valence-corrected chi connectivity index (χ0v) is 14.9. The molecule has 1 rings (SSSR count). The molecular formula is C16H28BrOS+. The zero-order chi connectivity index (χ0) is 13.4. The van der Waals surface area contributed by atoms with E-state index in [0.717, 1.165) is 0 Å². The van der Waals surface area contributed by atoms with Gasteiger partial charge in [0.25, 0.3) is 0 Å². The first-order chi connectivity index (χ1) is 8.65. The van der Waals surface area contributed by atoms with E-state index in [2.05, 4.69) is 29.8 Å². The number of unbranched alkanes of at least 4 members (excludes halogenated alkanes) is 5. The highest BCUT2D eigenvalue weighted by molar-refractivity contribution is 9.09. The molecule has 0 radical (unpaired) electrons. The number of hydrogen-bond acceptors (Lipinski definition) is 1. The van der Waals surface area contributed by atoms with Gasteiger partial charge in [-0.15, -0.1) is 0 Å². The van der Waals surface area contributed by atoms with Crippen LogP contribution in [0.15, 0.2) is 18.2 Å². The summed E-state index contributed by atoms with van der Waals surface area (Å²) in [6.07, 6.45) is 9.21. The molecule has 0 saturated heterocycles. The molecular weight excluding hydrogens is 320 g/mol. The lowest BCUT2D eigenvalue weighted by molar-refractivity contribution is 0.474. The first kappa shape index (κ1) is 18.9. The fourth-order valence-corrected chi connectivity index (χ4v) is 3.11. The summed E-state index contributed by atoms with van der Waals surface area (Å²) in [5.41, 5.74) is 2.48. The molecule has 0 aliphatic rings. The SMILES string of the molecule is CCCCCCCCC(Br)c1ccc(O)cc1C.[SH3+]. The van der Waals surface area contributed by atoms with Gasteiger partial charge in [0.2, 0.25) is 0 Å². The van der Waals surface area contributed by atoms with Gasteiger partial charge in [-0.2, -0.15) is 0 Å². The monoisotopic (exact) mass is 347 g/mol. The largest absolute Gasteiger partial charge is 0.508 e. The molecule has 0 amide bonds. The molecule has 0 aliphatic carbocycles. The van der Waals surface area contributed by atoms with Crippen molar-refractivity contribution in [2.75, 3.05) is 0 Å². The summed E-state index contributed by atoms with van der Waals surface area (Å²) in [6.45, 7) is 4.31. The Hall–Kier alpha value is -0.150. The van der Waals surface area contributed by atoms with Gasteiger partial charge in [0, 0.05) is 4.83 Å². The third-order valence-electron chi connectivity index (χ3n) is 3.40. The molecule has 1 atom stereocenters. The van der Waals surface area contributed by atoms with Gasteiger partial charge in [-0.3, -0.25) is 0 Å². The maximum absolute atomic E-state index is 9.40. The summed E-state index contributed by atoms with van der Waals surface area (Å²) >= 11 is 3.76.